The molecule has 0 unspecified atom stereocenters. The van der Waals surface area contributed by atoms with Crippen LogP contribution in [0.1, 0.15) is 19.3 Å². The summed E-state index contributed by atoms with van der Waals surface area (Å²) in [6.45, 7) is 0.796. The number of hydrogen-bond acceptors (Lipinski definition) is 2. The van der Waals surface area contributed by atoms with E-state index < -0.39 is 0 Å². The zero-order chi connectivity index (χ0) is 8.55. The maximum Gasteiger partial charge on any atom is 0.242 e. The van der Waals surface area contributed by atoms with Gasteiger partial charge in [-0.25, -0.2) is 0 Å². The first-order valence-electron chi connectivity index (χ1n) is 4.33. The van der Waals surface area contributed by atoms with Gasteiger partial charge < -0.3 is 10.2 Å². The van der Waals surface area contributed by atoms with E-state index in [1.54, 1.807) is 0 Å². The summed E-state index contributed by atoms with van der Waals surface area (Å²) in [5.41, 5.74) is 0. The Kier molecular flexibility index (Phi) is 1.75. The molecule has 1 aliphatic heterocycles. The second-order valence-corrected chi connectivity index (χ2v) is 3.35. The number of carbonyl (C=O) groups excluding carboxylic acids is 2. The topological polar surface area (TPSA) is 49.4 Å². The zero-order valence-corrected chi connectivity index (χ0v) is 6.88. The van der Waals surface area contributed by atoms with Crippen molar-refractivity contribution in [2.75, 3.05) is 13.1 Å². The van der Waals surface area contributed by atoms with Gasteiger partial charge in [-0.2, -0.15) is 0 Å². The molecule has 1 heterocycles. The number of hydrogen-bond donors (Lipinski definition) is 1. The second-order valence-electron chi connectivity index (χ2n) is 3.35. The van der Waals surface area contributed by atoms with Gasteiger partial charge in [-0.3, -0.25) is 9.59 Å². The molecule has 2 fully saturated rings. The van der Waals surface area contributed by atoms with E-state index in [-0.39, 0.29) is 18.4 Å². The Bertz CT molecular complexity index is 223. The Morgan fingerprint density at radius 3 is 2.75 bits per heavy atom. The number of rotatable bonds is 1. The van der Waals surface area contributed by atoms with E-state index in [4.69, 9.17) is 0 Å². The first-order chi connectivity index (χ1) is 5.77. The van der Waals surface area contributed by atoms with Crippen molar-refractivity contribution in [3.8, 4) is 0 Å². The predicted molar refractivity (Wildman–Crippen MR) is 42.4 cm³/mol. The predicted octanol–water partition coefficient (Wildman–Crippen LogP) is -0.503. The fraction of sp³-hybridized carbons (Fsp3) is 0.750. The monoisotopic (exact) mass is 168 g/mol. The van der Waals surface area contributed by atoms with Crippen LogP contribution in [-0.4, -0.2) is 35.8 Å². The molecule has 66 valence electrons. The van der Waals surface area contributed by atoms with Gasteiger partial charge in [0.1, 0.15) is 0 Å². The van der Waals surface area contributed by atoms with E-state index in [0.29, 0.717) is 19.0 Å². The standard InChI is InChI=1S/C8H12N2O2/c11-7-3-4-10(6-1-2-6)8(12)5-9-7/h6H,1-5H2,(H,9,11). The van der Waals surface area contributed by atoms with Crippen molar-refractivity contribution in [1.29, 1.82) is 0 Å². The van der Waals surface area contributed by atoms with E-state index in [1.807, 2.05) is 4.90 Å². The molecule has 0 bridgehead atoms. The number of carbonyl (C=O) groups is 2. The summed E-state index contributed by atoms with van der Waals surface area (Å²) in [4.78, 5) is 24.1. The van der Waals surface area contributed by atoms with E-state index >= 15 is 0 Å². The molecule has 1 saturated carbocycles. The van der Waals surface area contributed by atoms with Crippen molar-refractivity contribution in [2.45, 2.75) is 25.3 Å². The molecule has 12 heavy (non-hydrogen) atoms. The lowest BCUT2D eigenvalue weighted by molar-refractivity contribution is -0.130. The maximum atomic E-state index is 11.4. The summed E-state index contributed by atoms with van der Waals surface area (Å²) in [5.74, 6) is 0.0647. The van der Waals surface area contributed by atoms with Gasteiger partial charge in [-0.1, -0.05) is 0 Å². The molecule has 1 aliphatic carbocycles. The van der Waals surface area contributed by atoms with E-state index in [0.717, 1.165) is 12.8 Å². The zero-order valence-electron chi connectivity index (χ0n) is 6.88. The number of amides is 2. The summed E-state index contributed by atoms with van der Waals surface area (Å²) >= 11 is 0. The molecule has 0 aromatic rings. The smallest absolute Gasteiger partial charge is 0.242 e. The van der Waals surface area contributed by atoms with Crippen LogP contribution in [0, 0.1) is 0 Å². The first-order valence-corrected chi connectivity index (χ1v) is 4.33. The van der Waals surface area contributed by atoms with Crippen molar-refractivity contribution < 1.29 is 9.59 Å². The molecule has 1 N–H and O–H groups in total. The minimum Gasteiger partial charge on any atom is -0.347 e. The van der Waals surface area contributed by atoms with Crippen LogP contribution in [0.3, 0.4) is 0 Å². The SMILES string of the molecule is O=C1CCN(C2CC2)C(=O)CN1. The van der Waals surface area contributed by atoms with Gasteiger partial charge in [0.05, 0.1) is 6.54 Å². The van der Waals surface area contributed by atoms with Crippen LogP contribution >= 0.6 is 0 Å². The highest BCUT2D eigenvalue weighted by molar-refractivity contribution is 5.87. The van der Waals surface area contributed by atoms with Gasteiger partial charge in [0.2, 0.25) is 11.8 Å². The van der Waals surface area contributed by atoms with Gasteiger partial charge in [0.15, 0.2) is 0 Å². The van der Waals surface area contributed by atoms with Crippen LogP contribution < -0.4 is 5.32 Å². The van der Waals surface area contributed by atoms with Crippen molar-refractivity contribution in [3.63, 3.8) is 0 Å². The van der Waals surface area contributed by atoms with E-state index in [1.165, 1.54) is 0 Å². The normalized spacial score (nSPS) is 25.2. The molecule has 0 spiro atoms. The van der Waals surface area contributed by atoms with Crippen molar-refractivity contribution >= 4 is 11.8 Å². The third-order valence-electron chi connectivity index (χ3n) is 2.32. The fourth-order valence-electron chi connectivity index (χ4n) is 1.48. The summed E-state index contributed by atoms with van der Waals surface area (Å²) in [6, 6.07) is 0.435. The lowest BCUT2D eigenvalue weighted by atomic mass is 10.4. The molecule has 1 saturated heterocycles. The number of nitrogens with one attached hydrogen (secondary N) is 1. The molecule has 0 radical (unpaired) electrons. The largest absolute Gasteiger partial charge is 0.347 e. The van der Waals surface area contributed by atoms with Crippen LogP contribution in [0.2, 0.25) is 0 Å². The van der Waals surface area contributed by atoms with Crippen LogP contribution in [0.15, 0.2) is 0 Å². The lowest BCUT2D eigenvalue weighted by Gasteiger charge is -2.18. The van der Waals surface area contributed by atoms with Gasteiger partial charge in [-0.05, 0) is 12.8 Å². The minimum atomic E-state index is -0.00787. The Balaban J connectivity index is 2.01. The molecule has 4 heteroatoms. The summed E-state index contributed by atoms with van der Waals surface area (Å²) in [6.07, 6.45) is 2.68. The molecule has 4 nitrogen and oxygen atoms in total. The second kappa shape index (κ2) is 2.77. The third-order valence-corrected chi connectivity index (χ3v) is 2.32. The van der Waals surface area contributed by atoms with Crippen LogP contribution in [-0.2, 0) is 9.59 Å². The Hall–Kier alpha value is -1.06. The highest BCUT2D eigenvalue weighted by Gasteiger charge is 2.33. The molecule has 0 aromatic carbocycles. The quantitative estimate of drug-likeness (QED) is 0.573. The molecule has 0 atom stereocenters. The van der Waals surface area contributed by atoms with Crippen molar-refractivity contribution in [1.82, 2.24) is 10.2 Å². The van der Waals surface area contributed by atoms with Crippen molar-refractivity contribution in [3.05, 3.63) is 0 Å². The molecule has 0 aromatic heterocycles. The fourth-order valence-corrected chi connectivity index (χ4v) is 1.48. The van der Waals surface area contributed by atoms with Crippen LogP contribution in [0.5, 0.6) is 0 Å². The average molecular weight is 168 g/mol. The summed E-state index contributed by atoms with van der Waals surface area (Å²) in [7, 11) is 0. The van der Waals surface area contributed by atoms with Crippen molar-refractivity contribution in [2.24, 2.45) is 0 Å². The molecular formula is C8H12N2O2. The van der Waals surface area contributed by atoms with E-state index in [2.05, 4.69) is 5.32 Å². The maximum absolute atomic E-state index is 11.4. The summed E-state index contributed by atoms with van der Waals surface area (Å²) in [5, 5.41) is 2.58. The average Bonchev–Trinajstić information content (AvgIpc) is 2.82. The first kappa shape index (κ1) is 7.58. The van der Waals surface area contributed by atoms with Gasteiger partial charge >= 0.3 is 0 Å². The Morgan fingerprint density at radius 2 is 2.08 bits per heavy atom. The Morgan fingerprint density at radius 1 is 1.33 bits per heavy atom. The van der Waals surface area contributed by atoms with Crippen LogP contribution in [0.25, 0.3) is 0 Å². The van der Waals surface area contributed by atoms with E-state index in [9.17, 15) is 9.59 Å². The highest BCUT2D eigenvalue weighted by Crippen LogP contribution is 2.27. The summed E-state index contributed by atoms with van der Waals surface area (Å²) < 4.78 is 0. The third kappa shape index (κ3) is 1.42. The van der Waals surface area contributed by atoms with Gasteiger partial charge in [0.25, 0.3) is 0 Å². The highest BCUT2D eigenvalue weighted by atomic mass is 16.2. The Labute approximate surface area is 70.9 Å². The lowest BCUT2D eigenvalue weighted by Crippen LogP contribution is -2.36. The minimum absolute atomic E-state index is 0.00787. The molecular weight excluding hydrogens is 156 g/mol. The number of nitrogens with zero attached hydrogens (tertiary/aromatic N) is 1. The molecule has 2 rings (SSSR count). The van der Waals surface area contributed by atoms with Gasteiger partial charge in [0, 0.05) is 19.0 Å². The molecule has 2 aliphatic rings. The van der Waals surface area contributed by atoms with Gasteiger partial charge in [-0.15, -0.1) is 0 Å². The van der Waals surface area contributed by atoms with Crippen LogP contribution in [0.4, 0.5) is 0 Å². The molecule has 2 amide bonds.